The van der Waals surface area contributed by atoms with E-state index in [2.05, 4.69) is 0 Å². The third kappa shape index (κ3) is 5.44. The van der Waals surface area contributed by atoms with E-state index in [1.165, 1.54) is 0 Å². The second-order valence-electron chi connectivity index (χ2n) is 8.86. The molecule has 0 saturated heterocycles. The van der Waals surface area contributed by atoms with Gasteiger partial charge in [0, 0.05) is 21.5 Å². The fraction of sp³-hybridized carbons (Fsp3) is 0.125. The van der Waals surface area contributed by atoms with Crippen molar-refractivity contribution < 1.29 is 28.5 Å². The predicted molar refractivity (Wildman–Crippen MR) is 146 cm³/mol. The molecule has 5 aromatic rings. The quantitative estimate of drug-likeness (QED) is 0.135. The summed E-state index contributed by atoms with van der Waals surface area (Å²) in [5.41, 5.74) is 1.98. The molecule has 0 aromatic heterocycles. The van der Waals surface area contributed by atoms with E-state index in [1.54, 1.807) is 48.5 Å². The van der Waals surface area contributed by atoms with Crippen LogP contribution in [0.4, 0.5) is 0 Å². The van der Waals surface area contributed by atoms with Crippen LogP contribution in [0.25, 0.3) is 21.5 Å². The van der Waals surface area contributed by atoms with Crippen LogP contribution >= 0.6 is 0 Å². The number of benzene rings is 5. The molecule has 0 amide bonds. The Balaban J connectivity index is 1.49. The third-order valence-corrected chi connectivity index (χ3v) is 5.99. The topological polar surface area (TPSA) is 71.1 Å². The minimum absolute atomic E-state index is 0.273. The summed E-state index contributed by atoms with van der Waals surface area (Å²) in [5, 5.41) is 3.09. The lowest BCUT2D eigenvalue weighted by molar-refractivity contribution is -0.137. The van der Waals surface area contributed by atoms with E-state index in [0.717, 1.165) is 32.7 Å². The SMILES string of the molecule is Cc1cc(C)c2c(OCC(=O)Oc3ccccc3)c3ccccc3c(OCC(=O)Oc3ccccc3)c2c1. The fourth-order valence-corrected chi connectivity index (χ4v) is 4.47. The van der Waals surface area contributed by atoms with Crippen molar-refractivity contribution in [2.75, 3.05) is 13.2 Å². The van der Waals surface area contributed by atoms with Crippen molar-refractivity contribution in [2.24, 2.45) is 0 Å². The van der Waals surface area contributed by atoms with E-state index in [1.807, 2.05) is 62.4 Å². The van der Waals surface area contributed by atoms with E-state index in [9.17, 15) is 9.59 Å². The molecule has 6 nitrogen and oxygen atoms in total. The highest BCUT2D eigenvalue weighted by Gasteiger charge is 2.20. The molecular weight excluding hydrogens is 480 g/mol. The maximum Gasteiger partial charge on any atom is 0.349 e. The zero-order valence-corrected chi connectivity index (χ0v) is 21.1. The lowest BCUT2D eigenvalue weighted by Gasteiger charge is -2.19. The monoisotopic (exact) mass is 506 g/mol. The van der Waals surface area contributed by atoms with Gasteiger partial charge in [0.1, 0.15) is 23.0 Å². The molecule has 0 unspecified atom stereocenters. The molecule has 38 heavy (non-hydrogen) atoms. The summed E-state index contributed by atoms with van der Waals surface area (Å²) < 4.78 is 23.1. The number of esters is 2. The Morgan fingerprint density at radius 3 is 1.61 bits per heavy atom. The highest BCUT2D eigenvalue weighted by molar-refractivity contribution is 6.12. The van der Waals surface area contributed by atoms with Crippen molar-refractivity contribution in [1.82, 2.24) is 0 Å². The van der Waals surface area contributed by atoms with Gasteiger partial charge in [-0.15, -0.1) is 0 Å². The average Bonchev–Trinajstić information content (AvgIpc) is 2.91. The van der Waals surface area contributed by atoms with Crippen molar-refractivity contribution in [2.45, 2.75) is 13.8 Å². The standard InChI is InChI=1S/C32H26O6/c1-21-17-22(2)30-27(18-21)31(35-19-28(33)37-23-11-5-3-6-12-23)25-15-9-10-16-26(25)32(30)36-20-29(34)38-24-13-7-4-8-14-24/h3-18H,19-20H2,1-2H3. The van der Waals surface area contributed by atoms with E-state index >= 15 is 0 Å². The minimum Gasteiger partial charge on any atom is -0.481 e. The van der Waals surface area contributed by atoms with Crippen LogP contribution in [0.1, 0.15) is 11.1 Å². The average molecular weight is 507 g/mol. The van der Waals surface area contributed by atoms with Crippen LogP contribution in [0.15, 0.2) is 97.1 Å². The van der Waals surface area contributed by atoms with Gasteiger partial charge in [0.2, 0.25) is 0 Å². The highest BCUT2D eigenvalue weighted by Crippen LogP contribution is 2.44. The molecule has 190 valence electrons. The lowest BCUT2D eigenvalue weighted by Crippen LogP contribution is -2.19. The van der Waals surface area contributed by atoms with Crippen LogP contribution in [-0.4, -0.2) is 25.2 Å². The van der Waals surface area contributed by atoms with Gasteiger partial charge in [-0.05, 0) is 49.7 Å². The number of para-hydroxylation sites is 2. The summed E-state index contributed by atoms with van der Waals surface area (Å²) >= 11 is 0. The molecule has 6 heteroatoms. The van der Waals surface area contributed by atoms with Crippen molar-refractivity contribution in [3.63, 3.8) is 0 Å². The van der Waals surface area contributed by atoms with Crippen LogP contribution in [-0.2, 0) is 9.59 Å². The second kappa shape index (κ2) is 11.0. The molecular formula is C32H26O6. The third-order valence-electron chi connectivity index (χ3n) is 5.99. The van der Waals surface area contributed by atoms with Crippen LogP contribution in [0.2, 0.25) is 0 Å². The molecule has 5 rings (SSSR count). The molecule has 0 N–H and O–H groups in total. The smallest absolute Gasteiger partial charge is 0.349 e. The number of carbonyl (C=O) groups excluding carboxylic acids is 2. The Morgan fingerprint density at radius 2 is 1.05 bits per heavy atom. The van der Waals surface area contributed by atoms with Crippen molar-refractivity contribution in [3.05, 3.63) is 108 Å². The van der Waals surface area contributed by atoms with E-state index in [0.29, 0.717) is 23.0 Å². The maximum atomic E-state index is 12.6. The van der Waals surface area contributed by atoms with Gasteiger partial charge in [-0.3, -0.25) is 0 Å². The van der Waals surface area contributed by atoms with Gasteiger partial charge in [0.25, 0.3) is 0 Å². The Bertz CT molecular complexity index is 1610. The number of aryl methyl sites for hydroxylation is 2. The molecule has 0 aliphatic carbocycles. The summed E-state index contributed by atoms with van der Waals surface area (Å²) in [6.07, 6.45) is 0. The zero-order valence-electron chi connectivity index (χ0n) is 21.1. The first-order chi connectivity index (χ1) is 18.5. The largest absolute Gasteiger partial charge is 0.481 e. The normalized spacial score (nSPS) is 10.8. The van der Waals surface area contributed by atoms with Crippen LogP contribution in [0.3, 0.4) is 0 Å². The summed E-state index contributed by atoms with van der Waals surface area (Å²) in [6.45, 7) is 3.43. The first-order valence-corrected chi connectivity index (χ1v) is 12.2. The van der Waals surface area contributed by atoms with Gasteiger partial charge in [-0.1, -0.05) is 72.3 Å². The first kappa shape index (κ1) is 24.8. The Hall–Kier alpha value is -4.84. The van der Waals surface area contributed by atoms with Gasteiger partial charge in [-0.25, -0.2) is 9.59 Å². The van der Waals surface area contributed by atoms with Crippen molar-refractivity contribution >= 4 is 33.5 Å². The molecule has 0 radical (unpaired) electrons. The number of hydrogen-bond donors (Lipinski definition) is 0. The fourth-order valence-electron chi connectivity index (χ4n) is 4.47. The van der Waals surface area contributed by atoms with Gasteiger partial charge < -0.3 is 18.9 Å². The summed E-state index contributed by atoms with van der Waals surface area (Å²) in [4.78, 5) is 25.1. The van der Waals surface area contributed by atoms with Gasteiger partial charge in [0.05, 0.1) is 0 Å². The second-order valence-corrected chi connectivity index (χ2v) is 8.86. The number of rotatable bonds is 8. The molecule has 0 aliphatic heterocycles. The molecule has 0 bridgehead atoms. The number of hydrogen-bond acceptors (Lipinski definition) is 6. The minimum atomic E-state index is -0.512. The maximum absolute atomic E-state index is 12.6. The Labute approximate surface area is 220 Å². The Morgan fingerprint density at radius 1 is 0.579 bits per heavy atom. The zero-order chi connectivity index (χ0) is 26.5. The van der Waals surface area contributed by atoms with Gasteiger partial charge in [0.15, 0.2) is 13.2 Å². The molecule has 0 aliphatic rings. The molecule has 0 atom stereocenters. The highest BCUT2D eigenvalue weighted by atomic mass is 16.6. The van der Waals surface area contributed by atoms with Crippen molar-refractivity contribution in [1.29, 1.82) is 0 Å². The molecule has 0 fully saturated rings. The van der Waals surface area contributed by atoms with Crippen LogP contribution < -0.4 is 18.9 Å². The first-order valence-electron chi connectivity index (χ1n) is 12.2. The van der Waals surface area contributed by atoms with E-state index in [-0.39, 0.29) is 13.2 Å². The van der Waals surface area contributed by atoms with E-state index < -0.39 is 11.9 Å². The van der Waals surface area contributed by atoms with Gasteiger partial charge >= 0.3 is 11.9 Å². The molecule has 0 spiro atoms. The summed E-state index contributed by atoms with van der Waals surface area (Å²) in [6, 6.07) is 29.3. The molecule has 0 heterocycles. The van der Waals surface area contributed by atoms with Crippen LogP contribution in [0, 0.1) is 13.8 Å². The Kier molecular flexibility index (Phi) is 7.22. The predicted octanol–water partition coefficient (Wildman–Crippen LogP) is 6.58. The molecule has 5 aromatic carbocycles. The van der Waals surface area contributed by atoms with Gasteiger partial charge in [-0.2, -0.15) is 0 Å². The summed E-state index contributed by atoms with van der Waals surface area (Å²) in [7, 11) is 0. The van der Waals surface area contributed by atoms with Crippen LogP contribution in [0.5, 0.6) is 23.0 Å². The lowest BCUT2D eigenvalue weighted by atomic mass is 9.95. The van der Waals surface area contributed by atoms with E-state index in [4.69, 9.17) is 18.9 Å². The summed E-state index contributed by atoms with van der Waals surface area (Å²) in [5.74, 6) is 0.982. The number of ether oxygens (including phenoxy) is 4. The molecule has 0 saturated carbocycles. The number of fused-ring (bicyclic) bond motifs is 2. The number of carbonyl (C=O) groups is 2. The van der Waals surface area contributed by atoms with Crippen molar-refractivity contribution in [3.8, 4) is 23.0 Å².